The van der Waals surface area contributed by atoms with E-state index in [1.807, 2.05) is 58.0 Å². The van der Waals surface area contributed by atoms with Crippen molar-refractivity contribution in [1.29, 1.82) is 0 Å². The summed E-state index contributed by atoms with van der Waals surface area (Å²) in [6.07, 6.45) is 3.42. The first-order valence-corrected chi connectivity index (χ1v) is 27.5. The van der Waals surface area contributed by atoms with Gasteiger partial charge in [0.15, 0.2) is 0 Å². The number of nitrogens with zero attached hydrogens (tertiary/aromatic N) is 4. The Bertz CT molecular complexity index is 3710. The Balaban J connectivity index is 0.000000261. The van der Waals surface area contributed by atoms with E-state index in [0.29, 0.717) is 51.5 Å². The molecule has 2 aromatic heterocycles. The predicted molar refractivity (Wildman–Crippen MR) is 326 cm³/mol. The molecule has 448 valence electrons. The Hall–Kier alpha value is -8.60. The number of carbonyl (C=O) groups excluding carboxylic acids is 4. The van der Waals surface area contributed by atoms with Gasteiger partial charge in [0.05, 0.1) is 98.9 Å². The van der Waals surface area contributed by atoms with Crippen molar-refractivity contribution in [3.05, 3.63) is 194 Å². The SMILES string of the molecule is C.COC(=O)C[C@H](NC(=O)[C@H](CC(C)C)n1cnc2ccccc2c1=O)c1cccc(-c2c(F)cccc2OC)c1.COC(=O)C[C@H](NC(=O)[C@H](CC(C)C)n1cnc2ccccc2c1=O)c1cccc(Br)c1.COc1cccc(F)c1B(O)O. The van der Waals surface area contributed by atoms with E-state index in [2.05, 4.69) is 36.5 Å². The summed E-state index contributed by atoms with van der Waals surface area (Å²) in [5.74, 6) is -2.24. The van der Waals surface area contributed by atoms with E-state index in [1.54, 1.807) is 78.9 Å². The Morgan fingerprint density at radius 1 is 0.588 bits per heavy atom. The average molecular weight is 1230 g/mol. The van der Waals surface area contributed by atoms with E-state index in [1.165, 1.54) is 68.4 Å². The van der Waals surface area contributed by atoms with Crippen molar-refractivity contribution in [1.82, 2.24) is 29.7 Å². The van der Waals surface area contributed by atoms with Crippen LogP contribution in [0.15, 0.2) is 160 Å². The molecule has 0 bridgehead atoms. The lowest BCUT2D eigenvalue weighted by Crippen LogP contribution is -2.40. The van der Waals surface area contributed by atoms with E-state index in [-0.39, 0.29) is 65.9 Å². The maximum atomic E-state index is 14.8. The minimum atomic E-state index is -1.85. The number of rotatable bonds is 20. The second-order valence-electron chi connectivity index (χ2n) is 20.1. The van der Waals surface area contributed by atoms with Gasteiger partial charge in [-0.05, 0) is 108 Å². The first-order chi connectivity index (χ1) is 40.2. The molecular formula is C63H70BBrF2N6O12. The molecule has 0 aliphatic rings. The number of aromatic nitrogens is 4. The number of halogens is 3. The number of para-hydroxylation sites is 2. The lowest BCUT2D eigenvalue weighted by atomic mass is 9.79. The quantitative estimate of drug-likeness (QED) is 0.0411. The molecule has 85 heavy (non-hydrogen) atoms. The van der Waals surface area contributed by atoms with Gasteiger partial charge in [0.25, 0.3) is 11.1 Å². The highest BCUT2D eigenvalue weighted by molar-refractivity contribution is 9.10. The van der Waals surface area contributed by atoms with Crippen molar-refractivity contribution in [3.8, 4) is 22.6 Å². The van der Waals surface area contributed by atoms with Gasteiger partial charge in [0.1, 0.15) is 35.2 Å². The van der Waals surface area contributed by atoms with Crippen LogP contribution in [0, 0.1) is 23.5 Å². The molecule has 4 N–H and O–H groups in total. The summed E-state index contributed by atoms with van der Waals surface area (Å²) in [6, 6.07) is 33.8. The fraction of sp³-hybridized carbons (Fsp3) is 0.302. The molecule has 2 heterocycles. The summed E-state index contributed by atoms with van der Waals surface area (Å²) in [5, 5.41) is 24.3. The molecule has 2 amide bonds. The largest absolute Gasteiger partial charge is 0.497 e. The van der Waals surface area contributed by atoms with E-state index in [9.17, 15) is 37.5 Å². The Morgan fingerprint density at radius 3 is 1.46 bits per heavy atom. The number of benzene rings is 6. The normalized spacial score (nSPS) is 12.2. The van der Waals surface area contributed by atoms with Gasteiger partial charge < -0.3 is 39.6 Å². The molecular weight excluding hydrogens is 1160 g/mol. The maximum Gasteiger partial charge on any atom is 0.495 e. The highest BCUT2D eigenvalue weighted by atomic mass is 79.9. The van der Waals surface area contributed by atoms with Crippen LogP contribution in [0.3, 0.4) is 0 Å². The highest BCUT2D eigenvalue weighted by Crippen LogP contribution is 2.35. The number of esters is 2. The molecule has 0 unspecified atom stereocenters. The second kappa shape index (κ2) is 31.9. The van der Waals surface area contributed by atoms with Gasteiger partial charge in [-0.2, -0.15) is 0 Å². The zero-order valence-electron chi connectivity index (χ0n) is 47.6. The lowest BCUT2D eigenvalue weighted by molar-refractivity contribution is -0.142. The third-order valence-corrected chi connectivity index (χ3v) is 13.9. The van der Waals surface area contributed by atoms with Gasteiger partial charge >= 0.3 is 19.1 Å². The van der Waals surface area contributed by atoms with Gasteiger partial charge in [-0.1, -0.05) is 118 Å². The fourth-order valence-electron chi connectivity index (χ4n) is 9.27. The monoisotopic (exact) mass is 1230 g/mol. The minimum absolute atomic E-state index is 0. The van der Waals surface area contributed by atoms with Crippen LogP contribution in [0.5, 0.6) is 11.5 Å². The van der Waals surface area contributed by atoms with Crippen LogP contribution in [-0.4, -0.2) is 88.5 Å². The molecule has 8 rings (SSSR count). The maximum absolute atomic E-state index is 14.8. The van der Waals surface area contributed by atoms with Crippen molar-refractivity contribution in [3.63, 3.8) is 0 Å². The minimum Gasteiger partial charge on any atom is -0.497 e. The van der Waals surface area contributed by atoms with Crippen LogP contribution in [0.25, 0.3) is 32.9 Å². The second-order valence-corrected chi connectivity index (χ2v) is 21.1. The number of hydrogen-bond acceptors (Lipinski definition) is 14. The van der Waals surface area contributed by atoms with E-state index >= 15 is 0 Å². The molecule has 0 aliphatic heterocycles. The van der Waals surface area contributed by atoms with Crippen molar-refractivity contribution >= 4 is 74.1 Å². The predicted octanol–water partition coefficient (Wildman–Crippen LogP) is 9.54. The number of carbonyl (C=O) groups is 4. The van der Waals surface area contributed by atoms with Crippen LogP contribution in [0.4, 0.5) is 8.78 Å². The molecule has 4 atom stereocenters. The zero-order valence-corrected chi connectivity index (χ0v) is 49.2. The smallest absolute Gasteiger partial charge is 0.495 e. The lowest BCUT2D eigenvalue weighted by Gasteiger charge is -2.25. The third kappa shape index (κ3) is 17.7. The van der Waals surface area contributed by atoms with Crippen LogP contribution in [0.1, 0.15) is 96.1 Å². The highest BCUT2D eigenvalue weighted by Gasteiger charge is 2.30. The van der Waals surface area contributed by atoms with Crippen LogP contribution in [0.2, 0.25) is 0 Å². The molecule has 8 aromatic rings. The molecule has 0 fully saturated rings. The number of hydrogen-bond donors (Lipinski definition) is 4. The summed E-state index contributed by atoms with van der Waals surface area (Å²) in [4.78, 5) is 86.9. The number of amides is 2. The van der Waals surface area contributed by atoms with E-state index in [0.717, 1.165) is 16.1 Å². The van der Waals surface area contributed by atoms with Crippen LogP contribution >= 0.6 is 15.9 Å². The summed E-state index contributed by atoms with van der Waals surface area (Å²) < 4.78 is 51.1. The van der Waals surface area contributed by atoms with Gasteiger partial charge in [-0.25, -0.2) is 18.7 Å². The molecule has 0 radical (unpaired) electrons. The number of fused-ring (bicyclic) bond motifs is 2. The zero-order chi connectivity index (χ0) is 61.2. The standard InChI is InChI=1S/C31H32FN3O5.C24H26BrN3O4.C7H8BFO3.CH4/c1-19(2)15-26(35-18-33-24-13-6-5-11-22(24)31(35)38)30(37)34-25(17-28(36)40-4)20-9-7-10-21(16-20)29-23(32)12-8-14-27(29)39-3;1-15(2)11-21(28-14-26-19-10-5-4-9-18(19)24(28)31)23(30)27-20(13-22(29)32-3)16-7-6-8-17(25)12-16;1-12-6-4-2-3-5(9)7(6)8(10)11;/h5-14,16,18-19,25-26H,15,17H2,1-4H3,(H,34,37);4-10,12,14-15,20-21H,11,13H2,1-3H3,(H,27,30);2-4,10-11H,1H3;1H4/t25-,26-;20-,21-;;/m00../s1. The van der Waals surface area contributed by atoms with Crippen LogP contribution in [-0.2, 0) is 28.7 Å². The molecule has 0 spiro atoms. The Kier molecular flexibility index (Phi) is 25.2. The number of nitrogens with one attached hydrogen (secondary N) is 2. The Morgan fingerprint density at radius 2 is 1.02 bits per heavy atom. The number of ether oxygens (including phenoxy) is 4. The number of methoxy groups -OCH3 is 4. The molecule has 6 aromatic carbocycles. The molecule has 18 nitrogen and oxygen atoms in total. The van der Waals surface area contributed by atoms with Gasteiger partial charge in [0.2, 0.25) is 11.8 Å². The molecule has 0 saturated carbocycles. The van der Waals surface area contributed by atoms with Crippen LogP contribution < -0.4 is 36.7 Å². The Labute approximate surface area is 500 Å². The summed E-state index contributed by atoms with van der Waals surface area (Å²) in [7, 11) is 3.52. The van der Waals surface area contributed by atoms with Crippen molar-refractivity contribution in [2.75, 3.05) is 28.4 Å². The van der Waals surface area contributed by atoms with E-state index < -0.39 is 60.8 Å². The first-order valence-electron chi connectivity index (χ1n) is 26.7. The third-order valence-electron chi connectivity index (χ3n) is 13.4. The van der Waals surface area contributed by atoms with Gasteiger partial charge in [-0.3, -0.25) is 37.9 Å². The summed E-state index contributed by atoms with van der Waals surface area (Å²) >= 11 is 3.43. The molecule has 0 saturated heterocycles. The first kappa shape index (κ1) is 67.2. The summed E-state index contributed by atoms with van der Waals surface area (Å²) in [5.41, 5.74) is 2.38. The topological polar surface area (TPSA) is 239 Å². The summed E-state index contributed by atoms with van der Waals surface area (Å²) in [6.45, 7) is 7.88. The van der Waals surface area contributed by atoms with Gasteiger partial charge in [-0.15, -0.1) is 0 Å². The molecule has 22 heteroatoms. The van der Waals surface area contributed by atoms with Crippen molar-refractivity contribution < 1.29 is 57.0 Å². The van der Waals surface area contributed by atoms with Gasteiger partial charge in [0, 0.05) is 4.47 Å². The van der Waals surface area contributed by atoms with Crippen molar-refractivity contribution in [2.24, 2.45) is 11.8 Å². The van der Waals surface area contributed by atoms with Crippen molar-refractivity contribution in [2.45, 2.75) is 85.0 Å². The molecule has 0 aliphatic carbocycles. The van der Waals surface area contributed by atoms with E-state index in [4.69, 9.17) is 29.0 Å². The average Bonchev–Trinajstić information content (AvgIpc) is 3.02. The fourth-order valence-corrected chi connectivity index (χ4v) is 9.69.